The zero-order valence-electron chi connectivity index (χ0n) is 35.4. The normalized spacial score (nSPS) is 13.0. The predicted molar refractivity (Wildman–Crippen MR) is 272 cm³/mol. The first-order chi connectivity index (χ1) is 31.5. The standard InChI is InChI=1S/C61H40N2S/c1-61(2)53-23-13-12-21-48(53)49-28-27-42(33-54(49)61)56-36-55(41-25-24-37-14-6-7-17-39(37)32-41)62-60(63-56)52-35-58-59(50-22-11-10-20-47(50)52)51-29-26-40(34-57(51)64-58)44-31-30-43(38-15-4-3-5-16-38)45-18-8-9-19-46(44)45/h3-36H,1-2H3. The second-order valence-electron chi connectivity index (χ2n) is 17.7. The monoisotopic (exact) mass is 832 g/mol. The van der Waals surface area contributed by atoms with Crippen LogP contribution in [0.5, 0.6) is 0 Å². The predicted octanol–water partition coefficient (Wildman–Crippen LogP) is 16.9. The highest BCUT2D eigenvalue weighted by molar-refractivity contribution is 7.26. The van der Waals surface area contributed by atoms with Crippen LogP contribution in [0.2, 0.25) is 0 Å². The van der Waals surface area contributed by atoms with Crippen LogP contribution in [-0.4, -0.2) is 9.97 Å². The summed E-state index contributed by atoms with van der Waals surface area (Å²) in [5.41, 5.74) is 15.2. The molecule has 0 unspecified atom stereocenters. The molecule has 3 heteroatoms. The van der Waals surface area contributed by atoms with Crippen LogP contribution in [0.1, 0.15) is 25.0 Å². The SMILES string of the molecule is CC1(C)c2ccccc2-c2ccc(-c3cc(-c4ccc5ccccc5c4)nc(-c4cc5sc6cc(-c7ccc(-c8ccccc8)c8ccccc78)ccc6c5c5ccccc45)n3)cc21. The number of nitrogens with zero attached hydrogens (tertiary/aromatic N) is 2. The van der Waals surface area contributed by atoms with E-state index in [2.05, 4.69) is 220 Å². The van der Waals surface area contributed by atoms with Crippen molar-refractivity contribution in [3.05, 3.63) is 217 Å². The van der Waals surface area contributed by atoms with Gasteiger partial charge in [-0.15, -0.1) is 11.3 Å². The molecule has 1 aliphatic carbocycles. The molecule has 64 heavy (non-hydrogen) atoms. The Bertz CT molecular complexity index is 3880. The summed E-state index contributed by atoms with van der Waals surface area (Å²) in [6.07, 6.45) is 0. The molecule has 1 aliphatic rings. The average Bonchev–Trinajstić information content (AvgIpc) is 3.84. The second-order valence-corrected chi connectivity index (χ2v) is 18.8. The van der Waals surface area contributed by atoms with Gasteiger partial charge in [0, 0.05) is 42.3 Å². The third kappa shape index (κ3) is 5.71. The molecule has 0 saturated carbocycles. The smallest absolute Gasteiger partial charge is 0.161 e. The van der Waals surface area contributed by atoms with Crippen molar-refractivity contribution in [2.45, 2.75) is 19.3 Å². The van der Waals surface area contributed by atoms with E-state index >= 15 is 0 Å². The van der Waals surface area contributed by atoms with Gasteiger partial charge in [-0.1, -0.05) is 190 Å². The third-order valence-corrected chi connectivity index (χ3v) is 14.8. The molecule has 0 radical (unpaired) electrons. The van der Waals surface area contributed by atoms with Crippen molar-refractivity contribution < 1.29 is 0 Å². The van der Waals surface area contributed by atoms with E-state index in [9.17, 15) is 0 Å². The molecular weight excluding hydrogens is 793 g/mol. The quantitative estimate of drug-likeness (QED) is 0.173. The van der Waals surface area contributed by atoms with Gasteiger partial charge in [0.05, 0.1) is 11.4 Å². The number of hydrogen-bond donors (Lipinski definition) is 0. The average molecular weight is 833 g/mol. The number of thiophene rings is 1. The Morgan fingerprint density at radius 2 is 0.922 bits per heavy atom. The summed E-state index contributed by atoms with van der Waals surface area (Å²) in [5, 5.41) is 9.83. The van der Waals surface area contributed by atoms with Crippen molar-refractivity contribution in [1.29, 1.82) is 0 Å². The molecule has 0 fully saturated rings. The number of aromatic nitrogens is 2. The van der Waals surface area contributed by atoms with Crippen molar-refractivity contribution in [1.82, 2.24) is 9.97 Å². The van der Waals surface area contributed by atoms with Crippen LogP contribution in [0.3, 0.4) is 0 Å². The van der Waals surface area contributed by atoms with Crippen LogP contribution in [-0.2, 0) is 5.41 Å². The van der Waals surface area contributed by atoms with E-state index in [1.165, 1.54) is 91.6 Å². The fourth-order valence-corrected chi connectivity index (χ4v) is 11.7. The van der Waals surface area contributed by atoms with E-state index in [4.69, 9.17) is 9.97 Å². The van der Waals surface area contributed by atoms with E-state index < -0.39 is 0 Å². The van der Waals surface area contributed by atoms with Crippen LogP contribution in [0.15, 0.2) is 206 Å². The molecule has 0 atom stereocenters. The van der Waals surface area contributed by atoms with Gasteiger partial charge in [0.1, 0.15) is 0 Å². The van der Waals surface area contributed by atoms with Crippen molar-refractivity contribution in [3.8, 4) is 67.3 Å². The number of fused-ring (bicyclic) bond motifs is 10. The van der Waals surface area contributed by atoms with Gasteiger partial charge in [-0.2, -0.15) is 0 Å². The summed E-state index contributed by atoms with van der Waals surface area (Å²) in [6.45, 7) is 4.68. The van der Waals surface area contributed by atoms with Crippen LogP contribution >= 0.6 is 11.3 Å². The molecule has 0 bridgehead atoms. The molecule has 2 aromatic heterocycles. The van der Waals surface area contributed by atoms with Crippen molar-refractivity contribution >= 4 is 63.8 Å². The number of hydrogen-bond acceptors (Lipinski definition) is 3. The van der Waals surface area contributed by atoms with E-state index in [1.54, 1.807) is 0 Å². The zero-order valence-corrected chi connectivity index (χ0v) is 36.2. The maximum Gasteiger partial charge on any atom is 0.161 e. The second kappa shape index (κ2) is 14.2. The van der Waals surface area contributed by atoms with Gasteiger partial charge in [-0.05, 0) is 107 Å². The van der Waals surface area contributed by atoms with Crippen LogP contribution in [0, 0.1) is 0 Å². The van der Waals surface area contributed by atoms with Gasteiger partial charge in [0.15, 0.2) is 5.82 Å². The highest BCUT2D eigenvalue weighted by atomic mass is 32.1. The molecule has 300 valence electrons. The van der Waals surface area contributed by atoms with E-state index in [-0.39, 0.29) is 5.41 Å². The summed E-state index contributed by atoms with van der Waals surface area (Å²) >= 11 is 1.85. The zero-order chi connectivity index (χ0) is 42.5. The van der Waals surface area contributed by atoms with Crippen LogP contribution in [0.25, 0.3) is 120 Å². The highest BCUT2D eigenvalue weighted by Gasteiger charge is 2.35. The van der Waals surface area contributed by atoms with E-state index in [0.717, 1.165) is 39.3 Å². The minimum absolute atomic E-state index is 0.125. The van der Waals surface area contributed by atoms with E-state index in [0.29, 0.717) is 0 Å². The minimum atomic E-state index is -0.125. The molecule has 12 aromatic rings. The molecule has 10 aromatic carbocycles. The number of benzene rings is 10. The van der Waals surface area contributed by atoms with Gasteiger partial charge < -0.3 is 0 Å². The molecule has 2 nitrogen and oxygen atoms in total. The molecule has 0 N–H and O–H groups in total. The van der Waals surface area contributed by atoms with Crippen LogP contribution < -0.4 is 0 Å². The maximum absolute atomic E-state index is 5.50. The Morgan fingerprint density at radius 1 is 0.344 bits per heavy atom. The Hall–Kier alpha value is -7.72. The third-order valence-electron chi connectivity index (χ3n) is 13.7. The lowest BCUT2D eigenvalue weighted by molar-refractivity contribution is 0.660. The summed E-state index contributed by atoms with van der Waals surface area (Å²) in [6, 6.07) is 75.4. The molecule has 13 rings (SSSR count). The molecule has 0 spiro atoms. The molecule has 2 heterocycles. The number of rotatable bonds is 5. The molecule has 0 amide bonds. The van der Waals surface area contributed by atoms with Gasteiger partial charge in [-0.3, -0.25) is 0 Å². The van der Waals surface area contributed by atoms with E-state index in [1.807, 2.05) is 11.3 Å². The van der Waals surface area contributed by atoms with Gasteiger partial charge >= 0.3 is 0 Å². The fraction of sp³-hybridized carbons (Fsp3) is 0.0492. The first-order valence-electron chi connectivity index (χ1n) is 22.1. The Morgan fingerprint density at radius 3 is 1.70 bits per heavy atom. The van der Waals surface area contributed by atoms with Gasteiger partial charge in [0.2, 0.25) is 0 Å². The molecule has 0 aliphatic heterocycles. The highest BCUT2D eigenvalue weighted by Crippen LogP contribution is 2.50. The minimum Gasteiger partial charge on any atom is -0.228 e. The van der Waals surface area contributed by atoms with Crippen molar-refractivity contribution in [2.75, 3.05) is 0 Å². The lowest BCUT2D eigenvalue weighted by atomic mass is 9.82. The first-order valence-corrected chi connectivity index (χ1v) is 22.9. The summed E-state index contributed by atoms with van der Waals surface area (Å²) in [7, 11) is 0. The van der Waals surface area contributed by atoms with Gasteiger partial charge in [0.25, 0.3) is 0 Å². The first kappa shape index (κ1) is 36.9. The van der Waals surface area contributed by atoms with Crippen molar-refractivity contribution in [2.24, 2.45) is 0 Å². The van der Waals surface area contributed by atoms with Crippen molar-refractivity contribution in [3.63, 3.8) is 0 Å². The lowest BCUT2D eigenvalue weighted by Gasteiger charge is -2.22. The summed E-state index contributed by atoms with van der Waals surface area (Å²) in [4.78, 5) is 11.0. The topological polar surface area (TPSA) is 25.8 Å². The fourth-order valence-electron chi connectivity index (χ4n) is 10.5. The van der Waals surface area contributed by atoms with Gasteiger partial charge in [-0.25, -0.2) is 9.97 Å². The molecule has 0 saturated heterocycles. The Balaban J connectivity index is 0.996. The summed E-state index contributed by atoms with van der Waals surface area (Å²) in [5.74, 6) is 0.727. The molecular formula is C61H40N2S. The lowest BCUT2D eigenvalue weighted by Crippen LogP contribution is -2.14. The summed E-state index contributed by atoms with van der Waals surface area (Å²) < 4.78 is 2.49. The maximum atomic E-state index is 5.50. The van der Waals surface area contributed by atoms with Crippen LogP contribution in [0.4, 0.5) is 0 Å². The Labute approximate surface area is 375 Å². The largest absolute Gasteiger partial charge is 0.228 e. The Kier molecular flexibility index (Phi) is 8.16.